The Bertz CT molecular complexity index is 2870. The van der Waals surface area contributed by atoms with Crippen LogP contribution in [0.1, 0.15) is 212 Å². The normalized spacial score (nSPS) is 23.6. The average Bonchev–Trinajstić information content (AvgIpc) is 3.64. The summed E-state index contributed by atoms with van der Waals surface area (Å²) in [5.41, 5.74) is 23.8. The molecule has 0 unspecified atom stereocenters. The van der Waals surface area contributed by atoms with Gasteiger partial charge in [-0.05, 0) is 189 Å². The molecule has 65 heavy (non-hydrogen) atoms. The maximum absolute atomic E-state index is 7.80. The Morgan fingerprint density at radius 3 is 1.32 bits per heavy atom. The number of benzene rings is 4. The summed E-state index contributed by atoms with van der Waals surface area (Å²) in [6.45, 7) is 41.8. The zero-order chi connectivity index (χ0) is 46.6. The van der Waals surface area contributed by atoms with Gasteiger partial charge in [-0.15, -0.1) is 0 Å². The molecule has 340 valence electrons. The Hall–Kier alpha value is -4.18. The van der Waals surface area contributed by atoms with Crippen LogP contribution in [0.25, 0.3) is 0 Å². The molecule has 4 heteroatoms. The molecule has 2 aliphatic heterocycles. The van der Waals surface area contributed by atoms with Gasteiger partial charge in [-0.1, -0.05) is 129 Å². The minimum Gasteiger partial charge on any atom is -0.472 e. The van der Waals surface area contributed by atoms with Gasteiger partial charge >= 0.3 is 0 Å². The molecule has 3 nitrogen and oxygen atoms in total. The summed E-state index contributed by atoms with van der Waals surface area (Å²) in [4.78, 5) is 5.40. The van der Waals surface area contributed by atoms with E-state index < -0.39 is 0 Å². The first kappa shape index (κ1) is 43.4. The van der Waals surface area contributed by atoms with E-state index in [2.05, 4.69) is 188 Å². The van der Waals surface area contributed by atoms with Crippen LogP contribution in [0.3, 0.4) is 0 Å². The van der Waals surface area contributed by atoms with Gasteiger partial charge in [0.15, 0.2) is 0 Å². The third-order valence-electron chi connectivity index (χ3n) is 18.9. The number of furan rings is 1. The standard InChI is InChI=1S/C61H77BN2O/c1-36-30-47-50-48(31-36)64(38-19-21-40-42(33-38)57(8,9)25-23-55(40,4)5)51-49-52(61(16,17)29-28-60(49,14)15)65-53(51)62(50)45-34-43-44(59(12,13)27-26-58(43,10)11)35-46(45)63(47)37-18-20-39-41(32-37)56(6,7)24-22-54(39,2)3/h18-21,30-35H,22-29H2,1-17H3. The van der Waals surface area contributed by atoms with Crippen molar-refractivity contribution in [3.63, 3.8) is 0 Å². The second kappa shape index (κ2) is 13.1. The molecule has 5 aromatic rings. The lowest BCUT2D eigenvalue weighted by Crippen LogP contribution is -2.61. The third-order valence-corrected chi connectivity index (χ3v) is 18.9. The van der Waals surface area contributed by atoms with Crippen molar-refractivity contribution in [1.29, 1.82) is 0 Å². The largest absolute Gasteiger partial charge is 0.472 e. The number of rotatable bonds is 2. The van der Waals surface area contributed by atoms with Gasteiger partial charge in [0.05, 0.1) is 11.3 Å². The summed E-state index contributed by atoms with van der Waals surface area (Å²) in [6, 6.07) is 25.5. The van der Waals surface area contributed by atoms with E-state index in [0.717, 1.165) is 18.5 Å². The lowest BCUT2D eigenvalue weighted by atomic mass is 9.35. The zero-order valence-electron chi connectivity index (χ0n) is 43.3. The maximum Gasteiger partial charge on any atom is 0.297 e. The van der Waals surface area contributed by atoms with E-state index in [9.17, 15) is 0 Å². The van der Waals surface area contributed by atoms with E-state index in [4.69, 9.17) is 4.42 Å². The maximum atomic E-state index is 7.80. The van der Waals surface area contributed by atoms with Crippen molar-refractivity contribution in [2.45, 2.75) is 212 Å². The quantitative estimate of drug-likeness (QED) is 0.161. The lowest BCUT2D eigenvalue weighted by molar-refractivity contribution is 0.282. The van der Waals surface area contributed by atoms with Crippen molar-refractivity contribution < 1.29 is 4.42 Å². The van der Waals surface area contributed by atoms with Crippen molar-refractivity contribution in [2.24, 2.45) is 0 Å². The van der Waals surface area contributed by atoms with Crippen molar-refractivity contribution in [3.8, 4) is 0 Å². The highest BCUT2D eigenvalue weighted by Gasteiger charge is 2.54. The minimum absolute atomic E-state index is 0.0533. The van der Waals surface area contributed by atoms with Crippen LogP contribution in [0, 0.1) is 6.92 Å². The first-order valence-electron chi connectivity index (χ1n) is 25.5. The Balaban J connectivity index is 1.27. The van der Waals surface area contributed by atoms with Crippen molar-refractivity contribution in [2.75, 3.05) is 9.80 Å². The van der Waals surface area contributed by atoms with Gasteiger partial charge in [-0.25, -0.2) is 0 Å². The monoisotopic (exact) mass is 865 g/mol. The molecule has 0 spiro atoms. The molecule has 11 rings (SSSR count). The van der Waals surface area contributed by atoms with Crippen LogP contribution in [-0.4, -0.2) is 6.71 Å². The van der Waals surface area contributed by atoms with E-state index >= 15 is 0 Å². The fourth-order valence-corrected chi connectivity index (χ4v) is 14.0. The van der Waals surface area contributed by atoms with Crippen LogP contribution >= 0.6 is 0 Å². The van der Waals surface area contributed by atoms with Gasteiger partial charge in [0.25, 0.3) is 6.71 Å². The summed E-state index contributed by atoms with van der Waals surface area (Å²) in [7, 11) is 0. The molecule has 0 saturated heterocycles. The van der Waals surface area contributed by atoms with Crippen molar-refractivity contribution in [3.05, 3.63) is 111 Å². The number of anilines is 6. The fourth-order valence-electron chi connectivity index (χ4n) is 14.0. The summed E-state index contributed by atoms with van der Waals surface area (Å²) in [6.07, 6.45) is 9.38. The zero-order valence-corrected chi connectivity index (χ0v) is 43.3. The van der Waals surface area contributed by atoms with E-state index in [1.807, 2.05) is 0 Å². The van der Waals surface area contributed by atoms with Gasteiger partial charge in [-0.2, -0.15) is 0 Å². The smallest absolute Gasteiger partial charge is 0.297 e. The highest BCUT2D eigenvalue weighted by atomic mass is 16.3. The molecule has 1 aromatic heterocycles. The topological polar surface area (TPSA) is 19.6 Å². The second-order valence-electron chi connectivity index (χ2n) is 27.3. The highest BCUT2D eigenvalue weighted by Crippen LogP contribution is 2.57. The first-order chi connectivity index (χ1) is 30.1. The van der Waals surface area contributed by atoms with Gasteiger partial charge in [-0.3, -0.25) is 0 Å². The first-order valence-corrected chi connectivity index (χ1v) is 25.5. The lowest BCUT2D eigenvalue weighted by Gasteiger charge is -2.48. The molecule has 0 atom stereocenters. The predicted octanol–water partition coefficient (Wildman–Crippen LogP) is 15.1. The van der Waals surface area contributed by atoms with Crippen molar-refractivity contribution in [1.82, 2.24) is 0 Å². The summed E-state index contributed by atoms with van der Waals surface area (Å²) >= 11 is 0. The summed E-state index contributed by atoms with van der Waals surface area (Å²) in [5, 5.41) is 0. The van der Waals surface area contributed by atoms with Gasteiger partial charge in [0.1, 0.15) is 5.76 Å². The number of fused-ring (bicyclic) bond motifs is 9. The fraction of sp³-hybridized carbons (Fsp3) is 0.541. The third kappa shape index (κ3) is 6.05. The van der Waals surface area contributed by atoms with E-state index in [1.54, 1.807) is 0 Å². The second-order valence-corrected chi connectivity index (χ2v) is 27.3. The number of nitrogens with zero attached hydrogens (tertiary/aromatic N) is 2. The average molecular weight is 865 g/mol. The number of hydrogen-bond acceptors (Lipinski definition) is 3. The van der Waals surface area contributed by atoms with Gasteiger partial charge in [0, 0.05) is 39.4 Å². The number of hydrogen-bond donors (Lipinski definition) is 0. The summed E-state index contributed by atoms with van der Waals surface area (Å²) in [5.74, 6) is 1.19. The van der Waals surface area contributed by atoms with Gasteiger partial charge in [0.2, 0.25) is 0 Å². The molecular formula is C61H77BN2O. The Morgan fingerprint density at radius 1 is 0.415 bits per heavy atom. The number of aryl methyl sites for hydroxylation is 1. The molecule has 0 saturated carbocycles. The van der Waals surface area contributed by atoms with Crippen LogP contribution in [0.5, 0.6) is 0 Å². The molecule has 0 amide bonds. The van der Waals surface area contributed by atoms with Gasteiger partial charge < -0.3 is 14.2 Å². The SMILES string of the molecule is Cc1cc2c3c(c1)N(c1ccc4c(c1)C(C)(C)CCC4(C)C)c1c(oc4c1C(C)(C)CCC4(C)C)B3c1cc3c(cc1N2c1ccc2c(c1)C(C)(C)CCC2(C)C)C(C)(C)CCC3(C)C. The van der Waals surface area contributed by atoms with Crippen LogP contribution in [0.4, 0.5) is 34.1 Å². The highest BCUT2D eigenvalue weighted by molar-refractivity contribution is 6.99. The molecule has 4 aliphatic carbocycles. The summed E-state index contributed by atoms with van der Waals surface area (Å²) < 4.78 is 7.80. The van der Waals surface area contributed by atoms with E-state index in [0.29, 0.717) is 0 Å². The van der Waals surface area contributed by atoms with Crippen LogP contribution in [0.15, 0.2) is 65.1 Å². The molecule has 0 radical (unpaired) electrons. The molecular weight excluding hydrogens is 787 g/mol. The molecule has 3 heterocycles. The van der Waals surface area contributed by atoms with E-state index in [1.165, 1.54) is 134 Å². The van der Waals surface area contributed by atoms with Crippen LogP contribution < -0.4 is 26.4 Å². The minimum atomic E-state index is -0.0875. The van der Waals surface area contributed by atoms with Crippen molar-refractivity contribution >= 4 is 57.4 Å². The molecule has 0 N–H and O–H groups in total. The molecule has 0 bridgehead atoms. The Labute approximate surface area is 393 Å². The van der Waals surface area contributed by atoms with Crippen LogP contribution in [-0.2, 0) is 43.3 Å². The molecule has 4 aromatic carbocycles. The molecule has 6 aliphatic rings. The van der Waals surface area contributed by atoms with E-state index in [-0.39, 0.29) is 50.0 Å². The Morgan fingerprint density at radius 2 is 0.815 bits per heavy atom. The Kier molecular flexibility index (Phi) is 8.73. The molecule has 0 fully saturated rings. The predicted molar refractivity (Wildman–Crippen MR) is 279 cm³/mol. The van der Waals surface area contributed by atoms with Crippen LogP contribution in [0.2, 0.25) is 0 Å².